The van der Waals surface area contributed by atoms with Gasteiger partial charge in [0.25, 0.3) is 0 Å². The molecule has 0 N–H and O–H groups in total. The first-order valence-corrected chi connectivity index (χ1v) is 10.8. The second kappa shape index (κ2) is 9.92. The van der Waals surface area contributed by atoms with Crippen molar-refractivity contribution in [2.24, 2.45) is 17.8 Å². The Labute approximate surface area is 169 Å². The number of benzene rings is 1. The average molecular weight is 373 g/mol. The van der Waals surface area contributed by atoms with Crippen molar-refractivity contribution in [2.75, 3.05) is 0 Å². The zero-order valence-electron chi connectivity index (χ0n) is 19.6. The highest BCUT2D eigenvalue weighted by atomic mass is 16.5. The molecule has 1 aromatic rings. The van der Waals surface area contributed by atoms with Crippen molar-refractivity contribution in [2.45, 2.75) is 99.2 Å². The van der Waals surface area contributed by atoms with Gasteiger partial charge >= 0.3 is 0 Å². The highest BCUT2D eigenvalue weighted by Crippen LogP contribution is 2.37. The third-order valence-corrected chi connectivity index (χ3v) is 6.23. The first-order chi connectivity index (χ1) is 12.3. The molecule has 0 bridgehead atoms. The first-order valence-electron chi connectivity index (χ1n) is 10.8. The maximum absolute atomic E-state index is 6.52. The van der Waals surface area contributed by atoms with Gasteiger partial charge < -0.3 is 4.74 Å². The lowest BCUT2D eigenvalue weighted by molar-refractivity contribution is -0.0846. The van der Waals surface area contributed by atoms with Crippen molar-refractivity contribution >= 4 is 0 Å². The molecule has 1 nitrogen and oxygen atoms in total. The van der Waals surface area contributed by atoms with E-state index in [0.717, 1.165) is 12.8 Å². The Morgan fingerprint density at radius 3 is 2.04 bits per heavy atom. The van der Waals surface area contributed by atoms with E-state index in [1.54, 1.807) is 0 Å². The van der Waals surface area contributed by atoms with Gasteiger partial charge in [0.05, 0.1) is 11.7 Å². The lowest BCUT2D eigenvalue weighted by Gasteiger charge is -2.39. The summed E-state index contributed by atoms with van der Waals surface area (Å²) in [6.07, 6.45) is 4.80. The van der Waals surface area contributed by atoms with E-state index >= 15 is 0 Å². The Bertz CT molecular complexity index is 579. The predicted molar refractivity (Wildman–Crippen MR) is 120 cm³/mol. The third-order valence-electron chi connectivity index (χ3n) is 6.23. The highest BCUT2D eigenvalue weighted by Gasteiger charge is 2.33. The van der Waals surface area contributed by atoms with Crippen LogP contribution in [-0.4, -0.2) is 11.7 Å². The van der Waals surface area contributed by atoms with Gasteiger partial charge in [-0.3, -0.25) is 0 Å². The van der Waals surface area contributed by atoms with Gasteiger partial charge in [-0.05, 0) is 69.3 Å². The van der Waals surface area contributed by atoms with E-state index in [4.69, 9.17) is 4.74 Å². The van der Waals surface area contributed by atoms with E-state index in [1.807, 2.05) is 0 Å². The van der Waals surface area contributed by atoms with Crippen LogP contribution in [0.2, 0.25) is 0 Å². The smallest absolute Gasteiger partial charge is 0.0633 e. The Balaban J connectivity index is 2.67. The van der Waals surface area contributed by atoms with Crippen molar-refractivity contribution in [3.05, 3.63) is 47.5 Å². The molecule has 3 atom stereocenters. The third kappa shape index (κ3) is 7.82. The summed E-state index contributed by atoms with van der Waals surface area (Å²) in [6, 6.07) is 10.9. The Morgan fingerprint density at radius 1 is 0.963 bits per heavy atom. The van der Waals surface area contributed by atoms with E-state index in [1.165, 1.54) is 11.1 Å². The molecule has 27 heavy (non-hydrogen) atoms. The van der Waals surface area contributed by atoms with Gasteiger partial charge in [0.2, 0.25) is 0 Å². The summed E-state index contributed by atoms with van der Waals surface area (Å²) in [5.41, 5.74) is 2.90. The number of allylic oxidation sites excluding steroid dienone is 2. The molecule has 0 spiro atoms. The maximum atomic E-state index is 6.52. The zero-order chi connectivity index (χ0) is 20.8. The minimum absolute atomic E-state index is 0.124. The Kier molecular flexibility index (Phi) is 8.80. The van der Waals surface area contributed by atoms with E-state index < -0.39 is 0 Å². The van der Waals surface area contributed by atoms with E-state index in [9.17, 15) is 0 Å². The molecule has 0 aliphatic carbocycles. The summed E-state index contributed by atoms with van der Waals surface area (Å²) in [5, 5.41) is 0. The van der Waals surface area contributed by atoms with E-state index in [0.29, 0.717) is 17.8 Å². The van der Waals surface area contributed by atoms with Crippen LogP contribution < -0.4 is 0 Å². The average Bonchev–Trinajstić information content (AvgIpc) is 2.53. The summed E-state index contributed by atoms with van der Waals surface area (Å²) < 4.78 is 6.52. The van der Waals surface area contributed by atoms with Gasteiger partial charge in [-0.25, -0.2) is 0 Å². The normalized spacial score (nSPS) is 17.1. The second-order valence-corrected chi connectivity index (χ2v) is 10.2. The van der Waals surface area contributed by atoms with Crippen LogP contribution in [0.25, 0.3) is 0 Å². The number of hydrogen-bond donors (Lipinski definition) is 0. The molecule has 1 rings (SSSR count). The summed E-state index contributed by atoms with van der Waals surface area (Å²) in [7, 11) is 0. The van der Waals surface area contributed by atoms with Crippen LogP contribution in [0.3, 0.4) is 0 Å². The van der Waals surface area contributed by atoms with Crippen LogP contribution in [-0.2, 0) is 10.2 Å². The molecule has 0 saturated carbocycles. The zero-order valence-corrected chi connectivity index (χ0v) is 19.6. The number of ether oxygens (including phenoxy) is 1. The fourth-order valence-corrected chi connectivity index (χ4v) is 4.02. The van der Waals surface area contributed by atoms with Crippen LogP contribution in [0, 0.1) is 17.8 Å². The minimum atomic E-state index is -0.124. The molecule has 154 valence electrons. The summed E-state index contributed by atoms with van der Waals surface area (Å²) in [5.74, 6) is 1.71. The summed E-state index contributed by atoms with van der Waals surface area (Å²) >= 11 is 0. The molecule has 0 aromatic heterocycles. The molecule has 3 unspecified atom stereocenters. The molecular formula is C26H44O. The fourth-order valence-electron chi connectivity index (χ4n) is 4.02. The molecular weight excluding hydrogens is 328 g/mol. The largest absolute Gasteiger partial charge is 0.373 e. The quantitative estimate of drug-likeness (QED) is 0.381. The molecule has 0 fully saturated rings. The number of rotatable bonds is 10. The van der Waals surface area contributed by atoms with Gasteiger partial charge in [-0.15, -0.1) is 0 Å². The standard InChI is InChI=1S/C26H44O/c1-19(2)21(4)16-20(3)17-23(6)27-25(7,8)18-22(5)26(9,10)24-14-12-11-13-15-24/h11-16,19-20,22-23H,17-18H2,1-10H3/b21-16-. The Hall–Kier alpha value is -1.08. The van der Waals surface area contributed by atoms with Gasteiger partial charge in [0.15, 0.2) is 0 Å². The van der Waals surface area contributed by atoms with Crippen molar-refractivity contribution in [1.82, 2.24) is 0 Å². The van der Waals surface area contributed by atoms with Gasteiger partial charge in [-0.2, -0.15) is 0 Å². The molecule has 0 aliphatic heterocycles. The predicted octanol–water partition coefficient (Wildman–Crippen LogP) is 7.80. The first kappa shape index (κ1) is 24.0. The summed E-state index contributed by atoms with van der Waals surface area (Å²) in [4.78, 5) is 0. The SMILES string of the molecule is C/C(=C/C(C)CC(C)OC(C)(C)CC(C)C(C)(C)c1ccccc1)C(C)C. The van der Waals surface area contributed by atoms with Crippen LogP contribution >= 0.6 is 0 Å². The van der Waals surface area contributed by atoms with Crippen molar-refractivity contribution < 1.29 is 4.74 Å². The maximum Gasteiger partial charge on any atom is 0.0633 e. The highest BCUT2D eigenvalue weighted by molar-refractivity contribution is 5.24. The van der Waals surface area contributed by atoms with Crippen molar-refractivity contribution in [3.8, 4) is 0 Å². The summed E-state index contributed by atoms with van der Waals surface area (Å²) in [6.45, 7) is 22.9. The van der Waals surface area contributed by atoms with Crippen molar-refractivity contribution in [1.29, 1.82) is 0 Å². The van der Waals surface area contributed by atoms with Gasteiger partial charge in [-0.1, -0.05) is 83.5 Å². The van der Waals surface area contributed by atoms with Crippen LogP contribution in [0.15, 0.2) is 42.0 Å². The molecule has 0 radical (unpaired) electrons. The molecule has 0 amide bonds. The van der Waals surface area contributed by atoms with Crippen LogP contribution in [0.1, 0.15) is 87.6 Å². The molecule has 0 aliphatic rings. The van der Waals surface area contributed by atoms with Crippen LogP contribution in [0.4, 0.5) is 0 Å². The van der Waals surface area contributed by atoms with Gasteiger partial charge in [0, 0.05) is 0 Å². The number of hydrogen-bond acceptors (Lipinski definition) is 1. The Morgan fingerprint density at radius 2 is 1.52 bits per heavy atom. The molecule has 0 heterocycles. The molecule has 1 aromatic carbocycles. The fraction of sp³-hybridized carbons (Fsp3) is 0.692. The topological polar surface area (TPSA) is 9.23 Å². The van der Waals surface area contributed by atoms with Crippen molar-refractivity contribution in [3.63, 3.8) is 0 Å². The monoisotopic (exact) mass is 372 g/mol. The van der Waals surface area contributed by atoms with Gasteiger partial charge in [0.1, 0.15) is 0 Å². The van der Waals surface area contributed by atoms with E-state index in [-0.39, 0.29) is 17.1 Å². The lowest BCUT2D eigenvalue weighted by atomic mass is 9.70. The van der Waals surface area contributed by atoms with Crippen LogP contribution in [0.5, 0.6) is 0 Å². The molecule has 1 heteroatoms. The second-order valence-electron chi connectivity index (χ2n) is 10.2. The lowest BCUT2D eigenvalue weighted by Crippen LogP contribution is -2.37. The molecule has 0 saturated heterocycles. The van der Waals surface area contributed by atoms with E-state index in [2.05, 4.69) is 106 Å². The minimum Gasteiger partial charge on any atom is -0.373 e.